The molecule has 2 rings (SSSR count). The normalized spacial score (nSPS) is 20.8. The Labute approximate surface area is 138 Å². The zero-order valence-corrected chi connectivity index (χ0v) is 16.0. The summed E-state index contributed by atoms with van der Waals surface area (Å²) in [6.45, 7) is 19.7. The molecule has 0 heteroatoms. The lowest BCUT2D eigenvalue weighted by molar-refractivity contribution is -0.0221. The van der Waals surface area contributed by atoms with Gasteiger partial charge in [0.15, 0.2) is 0 Å². The average molecular weight is 301 g/mol. The van der Waals surface area contributed by atoms with E-state index in [-0.39, 0.29) is 5.41 Å². The van der Waals surface area contributed by atoms with Gasteiger partial charge in [0.1, 0.15) is 0 Å². The van der Waals surface area contributed by atoms with Crippen LogP contribution in [-0.4, -0.2) is 0 Å². The Balaban J connectivity index is 2.62. The molecular weight excluding hydrogens is 264 g/mol. The summed E-state index contributed by atoms with van der Waals surface area (Å²) in [4.78, 5) is 0. The maximum Gasteiger partial charge on any atom is -0.00466 e. The predicted octanol–water partition coefficient (Wildman–Crippen LogP) is 6.91. The Hall–Kier alpha value is -0.780. The van der Waals surface area contributed by atoms with Crippen molar-refractivity contribution >= 4 is 0 Å². The summed E-state index contributed by atoms with van der Waals surface area (Å²) in [6, 6.07) is 11.3. The van der Waals surface area contributed by atoms with E-state index in [1.54, 1.807) is 0 Å². The van der Waals surface area contributed by atoms with Crippen molar-refractivity contribution in [2.75, 3.05) is 0 Å². The monoisotopic (exact) mass is 300 g/mol. The average Bonchev–Trinajstić information content (AvgIpc) is 3.22. The minimum Gasteiger partial charge on any atom is -0.0622 e. The first-order chi connectivity index (χ1) is 10.0. The van der Waals surface area contributed by atoms with E-state index >= 15 is 0 Å². The van der Waals surface area contributed by atoms with Crippen molar-refractivity contribution in [3.05, 3.63) is 35.9 Å². The molecule has 0 spiro atoms. The third-order valence-electron chi connectivity index (χ3n) is 7.01. The van der Waals surface area contributed by atoms with E-state index in [1.807, 2.05) is 0 Å². The van der Waals surface area contributed by atoms with E-state index < -0.39 is 0 Å². The van der Waals surface area contributed by atoms with E-state index in [4.69, 9.17) is 0 Å². The smallest absolute Gasteiger partial charge is 0.00466 e. The second kappa shape index (κ2) is 5.69. The molecule has 0 radical (unpaired) electrons. The zero-order chi connectivity index (χ0) is 16.8. The summed E-state index contributed by atoms with van der Waals surface area (Å²) in [5.41, 5.74) is 2.46. The minimum atomic E-state index is 0.284. The molecule has 124 valence electrons. The van der Waals surface area contributed by atoms with Crippen LogP contribution in [0.3, 0.4) is 0 Å². The van der Waals surface area contributed by atoms with Crippen LogP contribution < -0.4 is 0 Å². The second-order valence-corrected chi connectivity index (χ2v) is 9.63. The molecule has 0 bridgehead atoms. The highest BCUT2D eigenvalue weighted by atomic mass is 14.6. The molecule has 0 saturated heterocycles. The third kappa shape index (κ3) is 2.86. The molecule has 0 aromatic heterocycles. The highest BCUT2D eigenvalue weighted by molar-refractivity contribution is 5.27. The van der Waals surface area contributed by atoms with Crippen LogP contribution in [0.4, 0.5) is 0 Å². The van der Waals surface area contributed by atoms with Gasteiger partial charge in [-0.15, -0.1) is 0 Å². The zero-order valence-electron chi connectivity index (χ0n) is 16.0. The van der Waals surface area contributed by atoms with Crippen LogP contribution in [0, 0.1) is 28.1 Å². The fourth-order valence-electron chi connectivity index (χ4n) is 4.49. The van der Waals surface area contributed by atoms with E-state index in [9.17, 15) is 0 Å². The lowest BCUT2D eigenvalue weighted by atomic mass is 9.49. The molecule has 1 saturated carbocycles. The second-order valence-electron chi connectivity index (χ2n) is 9.63. The highest BCUT2D eigenvalue weighted by Crippen LogP contribution is 2.66. The fourth-order valence-corrected chi connectivity index (χ4v) is 4.49. The number of rotatable bonds is 5. The minimum absolute atomic E-state index is 0.284. The Morgan fingerprint density at radius 1 is 0.864 bits per heavy atom. The molecule has 0 N–H and O–H groups in total. The molecule has 2 atom stereocenters. The lowest BCUT2D eigenvalue weighted by Crippen LogP contribution is -2.47. The summed E-state index contributed by atoms with van der Waals surface area (Å²) >= 11 is 0. The SMILES string of the molecule is CC(C)C(C)(C)C(c1ccccc1)C(C)(C1CC1)C(C)(C)C. The quantitative estimate of drug-likeness (QED) is 0.554. The third-order valence-corrected chi connectivity index (χ3v) is 7.01. The topological polar surface area (TPSA) is 0 Å². The Kier molecular flexibility index (Phi) is 4.55. The molecule has 1 fully saturated rings. The molecule has 0 amide bonds. The van der Waals surface area contributed by atoms with E-state index in [1.165, 1.54) is 18.4 Å². The summed E-state index contributed by atoms with van der Waals surface area (Å²) < 4.78 is 0. The molecule has 0 nitrogen and oxygen atoms in total. The molecule has 2 unspecified atom stereocenters. The van der Waals surface area contributed by atoms with Crippen molar-refractivity contribution in [3.63, 3.8) is 0 Å². The van der Waals surface area contributed by atoms with Gasteiger partial charge in [0, 0.05) is 0 Å². The summed E-state index contributed by atoms with van der Waals surface area (Å²) in [6.07, 6.45) is 2.82. The van der Waals surface area contributed by atoms with Crippen molar-refractivity contribution in [2.24, 2.45) is 28.1 Å². The van der Waals surface area contributed by atoms with Gasteiger partial charge in [0.2, 0.25) is 0 Å². The maximum absolute atomic E-state index is 2.58. The summed E-state index contributed by atoms with van der Waals surface area (Å²) in [5.74, 6) is 2.13. The Morgan fingerprint density at radius 2 is 1.36 bits per heavy atom. The van der Waals surface area contributed by atoms with Crippen molar-refractivity contribution in [3.8, 4) is 0 Å². The van der Waals surface area contributed by atoms with Gasteiger partial charge in [-0.3, -0.25) is 0 Å². The van der Waals surface area contributed by atoms with Crippen LogP contribution in [0.5, 0.6) is 0 Å². The standard InChI is InChI=1S/C22H36/c1-16(2)21(6,7)19(17-12-10-9-11-13-17)22(8,18-14-15-18)20(3,4)5/h9-13,16,18-19H,14-15H2,1-8H3. The molecule has 1 aliphatic carbocycles. The van der Waals surface area contributed by atoms with Gasteiger partial charge < -0.3 is 0 Å². The van der Waals surface area contributed by atoms with Crippen LogP contribution in [0.25, 0.3) is 0 Å². The van der Waals surface area contributed by atoms with Crippen LogP contribution in [0.1, 0.15) is 79.7 Å². The Bertz CT molecular complexity index is 485. The van der Waals surface area contributed by atoms with Gasteiger partial charge in [-0.25, -0.2) is 0 Å². The molecular formula is C22H36. The molecule has 1 aromatic carbocycles. The van der Waals surface area contributed by atoms with Gasteiger partial charge >= 0.3 is 0 Å². The first-order valence-electron chi connectivity index (χ1n) is 9.08. The number of benzene rings is 1. The Morgan fingerprint density at radius 3 is 1.73 bits per heavy atom. The van der Waals surface area contributed by atoms with Crippen LogP contribution in [0.2, 0.25) is 0 Å². The predicted molar refractivity (Wildman–Crippen MR) is 98.1 cm³/mol. The largest absolute Gasteiger partial charge is 0.0622 e. The van der Waals surface area contributed by atoms with Crippen molar-refractivity contribution in [2.45, 2.75) is 74.1 Å². The van der Waals surface area contributed by atoms with Gasteiger partial charge in [0.25, 0.3) is 0 Å². The number of hydrogen-bond donors (Lipinski definition) is 0. The summed E-state index contributed by atoms with van der Waals surface area (Å²) in [5, 5.41) is 0. The van der Waals surface area contributed by atoms with Crippen molar-refractivity contribution in [1.82, 2.24) is 0 Å². The molecule has 0 heterocycles. The van der Waals surface area contributed by atoms with Crippen LogP contribution in [0.15, 0.2) is 30.3 Å². The summed E-state index contributed by atoms with van der Waals surface area (Å²) in [7, 11) is 0. The molecule has 1 aliphatic rings. The first-order valence-corrected chi connectivity index (χ1v) is 9.08. The van der Waals surface area contributed by atoms with E-state index in [0.717, 1.165) is 5.92 Å². The van der Waals surface area contributed by atoms with Gasteiger partial charge in [0.05, 0.1) is 0 Å². The highest BCUT2D eigenvalue weighted by Gasteiger charge is 2.57. The van der Waals surface area contributed by atoms with Gasteiger partial charge in [-0.05, 0) is 52.4 Å². The fraction of sp³-hybridized carbons (Fsp3) is 0.727. The first kappa shape index (κ1) is 17.6. The van der Waals surface area contributed by atoms with Crippen molar-refractivity contribution in [1.29, 1.82) is 0 Å². The molecule has 22 heavy (non-hydrogen) atoms. The van der Waals surface area contributed by atoms with Crippen molar-refractivity contribution < 1.29 is 0 Å². The molecule has 1 aromatic rings. The van der Waals surface area contributed by atoms with Crippen LogP contribution in [-0.2, 0) is 0 Å². The van der Waals surface area contributed by atoms with E-state index in [2.05, 4.69) is 85.7 Å². The lowest BCUT2D eigenvalue weighted by Gasteiger charge is -2.55. The van der Waals surface area contributed by atoms with Gasteiger partial charge in [-0.2, -0.15) is 0 Å². The van der Waals surface area contributed by atoms with E-state index in [0.29, 0.717) is 22.7 Å². The van der Waals surface area contributed by atoms with Crippen LogP contribution >= 0.6 is 0 Å². The molecule has 0 aliphatic heterocycles. The maximum atomic E-state index is 2.58. The number of hydrogen-bond acceptors (Lipinski definition) is 0. The van der Waals surface area contributed by atoms with Gasteiger partial charge in [-0.1, -0.05) is 85.7 Å².